The van der Waals surface area contributed by atoms with Gasteiger partial charge in [0, 0.05) is 21.5 Å². The zero-order valence-electron chi connectivity index (χ0n) is 39.2. The molecule has 8 nitrogen and oxygen atoms in total. The Bertz CT molecular complexity index is 4150. The Morgan fingerprint density at radius 1 is 0.243 bits per heavy atom. The Morgan fingerprint density at radius 3 is 0.730 bits per heavy atom. The van der Waals surface area contributed by atoms with Gasteiger partial charge < -0.3 is 9.13 Å². The van der Waals surface area contributed by atoms with Gasteiger partial charge in [0.15, 0.2) is 0 Å². The molecule has 2 aromatic heterocycles. The van der Waals surface area contributed by atoms with Crippen LogP contribution in [0.4, 0.5) is 0 Å². The summed E-state index contributed by atoms with van der Waals surface area (Å²) in [5.74, 6) is 0. The van der Waals surface area contributed by atoms with E-state index in [9.17, 15) is 31.6 Å². The van der Waals surface area contributed by atoms with Gasteiger partial charge in [0.1, 0.15) is 11.6 Å². The summed E-state index contributed by atoms with van der Waals surface area (Å²) in [6.45, 7) is 0. The van der Waals surface area contributed by atoms with Crippen LogP contribution in [0.1, 0.15) is 33.4 Å². The van der Waals surface area contributed by atoms with Gasteiger partial charge in [0.05, 0.1) is 91.6 Å². The quantitative estimate of drug-likeness (QED) is 0.155. The highest BCUT2D eigenvalue weighted by molar-refractivity contribution is 6.13. The Kier molecular flexibility index (Phi) is 10.7. The molecular formula is C66H34N8. The number of fused-ring (bicyclic) bond motifs is 6. The molecule has 0 bridgehead atoms. The van der Waals surface area contributed by atoms with Crippen molar-refractivity contribution in [2.24, 2.45) is 0 Å². The van der Waals surface area contributed by atoms with Gasteiger partial charge in [0.2, 0.25) is 0 Å². The second-order valence-electron chi connectivity index (χ2n) is 17.9. The Hall–Kier alpha value is -11.3. The fourth-order valence-electron chi connectivity index (χ4n) is 10.6. The van der Waals surface area contributed by atoms with Crippen LogP contribution in [-0.4, -0.2) is 9.13 Å². The van der Waals surface area contributed by atoms with Crippen LogP contribution in [0, 0.1) is 68.0 Å². The zero-order valence-corrected chi connectivity index (χ0v) is 39.2. The highest BCUT2D eigenvalue weighted by Crippen LogP contribution is 2.44. The Balaban J connectivity index is 1.26. The molecule has 10 aromatic carbocycles. The maximum absolute atomic E-state index is 12.0. The van der Waals surface area contributed by atoms with E-state index in [0.29, 0.717) is 55.9 Å². The average molecular weight is 939 g/mol. The van der Waals surface area contributed by atoms with E-state index in [2.05, 4.69) is 94.1 Å². The number of nitriles is 6. The highest BCUT2D eigenvalue weighted by atomic mass is 15.0. The third kappa shape index (κ3) is 7.02. The molecule has 0 fully saturated rings. The molecule has 74 heavy (non-hydrogen) atoms. The summed E-state index contributed by atoms with van der Waals surface area (Å²) in [6.07, 6.45) is 0. The lowest BCUT2D eigenvalue weighted by Crippen LogP contribution is -2.06. The van der Waals surface area contributed by atoms with E-state index in [4.69, 9.17) is 0 Å². The monoisotopic (exact) mass is 938 g/mol. The fraction of sp³-hybridized carbons (Fsp3) is 0. The van der Waals surface area contributed by atoms with Crippen LogP contribution in [0.3, 0.4) is 0 Å². The molecule has 0 unspecified atom stereocenters. The van der Waals surface area contributed by atoms with E-state index in [0.717, 1.165) is 88.1 Å². The first-order valence-electron chi connectivity index (χ1n) is 23.7. The largest absolute Gasteiger partial charge is 0.308 e. The predicted octanol–water partition coefficient (Wildman–Crippen LogP) is 15.4. The lowest BCUT2D eigenvalue weighted by atomic mass is 9.96. The van der Waals surface area contributed by atoms with Crippen LogP contribution >= 0.6 is 0 Å². The molecule has 0 aliphatic heterocycles. The summed E-state index contributed by atoms with van der Waals surface area (Å²) in [4.78, 5) is 0. The predicted molar refractivity (Wildman–Crippen MR) is 291 cm³/mol. The minimum absolute atomic E-state index is 0.317. The van der Waals surface area contributed by atoms with E-state index < -0.39 is 0 Å². The molecule has 8 heteroatoms. The van der Waals surface area contributed by atoms with Crippen molar-refractivity contribution in [1.29, 1.82) is 31.6 Å². The van der Waals surface area contributed by atoms with Crippen molar-refractivity contribution in [2.75, 3.05) is 0 Å². The summed E-state index contributed by atoms with van der Waals surface area (Å²) < 4.78 is 4.19. The van der Waals surface area contributed by atoms with Gasteiger partial charge in [-0.1, -0.05) is 140 Å². The fourth-order valence-corrected chi connectivity index (χ4v) is 10.6. The minimum Gasteiger partial charge on any atom is -0.308 e. The van der Waals surface area contributed by atoms with Crippen LogP contribution in [0.5, 0.6) is 0 Å². The van der Waals surface area contributed by atoms with Gasteiger partial charge in [-0.3, -0.25) is 0 Å². The van der Waals surface area contributed by atoms with Crippen molar-refractivity contribution >= 4 is 43.6 Å². The first-order chi connectivity index (χ1) is 36.4. The first kappa shape index (κ1) is 44.0. The minimum atomic E-state index is 0.317. The van der Waals surface area contributed by atoms with E-state index in [1.54, 1.807) is 30.3 Å². The van der Waals surface area contributed by atoms with Gasteiger partial charge in [-0.05, 0) is 122 Å². The maximum atomic E-state index is 12.0. The Morgan fingerprint density at radius 2 is 0.486 bits per heavy atom. The smallest absolute Gasteiger partial charge is 0.104 e. The molecule has 0 aliphatic carbocycles. The number of hydrogen-bond donors (Lipinski definition) is 0. The number of nitrogens with zero attached hydrogens (tertiary/aromatic N) is 8. The van der Waals surface area contributed by atoms with Crippen molar-refractivity contribution in [3.05, 3.63) is 240 Å². The highest BCUT2D eigenvalue weighted by Gasteiger charge is 2.25. The van der Waals surface area contributed by atoms with Gasteiger partial charge in [-0.15, -0.1) is 0 Å². The molecule has 0 amide bonds. The van der Waals surface area contributed by atoms with Crippen molar-refractivity contribution in [3.63, 3.8) is 0 Å². The van der Waals surface area contributed by atoms with E-state index >= 15 is 0 Å². The zero-order chi connectivity index (χ0) is 50.5. The molecule has 0 radical (unpaired) electrons. The first-order valence-corrected chi connectivity index (χ1v) is 23.7. The van der Waals surface area contributed by atoms with Gasteiger partial charge in [-0.2, -0.15) is 31.6 Å². The van der Waals surface area contributed by atoms with E-state index in [-0.39, 0.29) is 0 Å². The van der Waals surface area contributed by atoms with E-state index in [1.165, 1.54) is 0 Å². The number of aromatic nitrogens is 2. The summed E-state index contributed by atoms with van der Waals surface area (Å²) in [6, 6.07) is 80.3. The summed E-state index contributed by atoms with van der Waals surface area (Å²) in [7, 11) is 0. The molecule has 338 valence electrons. The molecule has 0 atom stereocenters. The summed E-state index contributed by atoms with van der Waals surface area (Å²) in [5, 5.41) is 67.4. The molecule has 12 rings (SSSR count). The van der Waals surface area contributed by atoms with Crippen LogP contribution in [0.25, 0.3) is 111 Å². The standard InChI is InChI=1S/C66H34N8/c67-35-45-11-1-6-16-51(45)41-21-25-56-57-26-22-42(52-17-7-2-12-46(52)36-68)30-62(57)73(61(56)29-41)65-33-50(55-20-10-5-15-49(55)39-71)34-66(60(65)40-72)74-63-31-43(53-18-8-3-13-47(53)37-69)23-27-58(63)59-28-24-44(32-64(59)74)54-19-9-4-14-48(54)38-70/h1-34H. The summed E-state index contributed by atoms with van der Waals surface area (Å²) >= 11 is 0. The topological polar surface area (TPSA) is 153 Å². The van der Waals surface area contributed by atoms with Crippen LogP contribution < -0.4 is 0 Å². The Labute approximate surface area is 425 Å². The molecule has 12 aromatic rings. The SMILES string of the molecule is N#Cc1ccccc1-c1cc(-n2c3cc(-c4ccccc4C#N)ccc3c3ccc(-c4ccccc4C#N)cc32)c(C#N)c(-n2c3cc(-c4ccccc4C#N)ccc3c3ccc(-c4ccccc4C#N)cc32)c1. The van der Waals surface area contributed by atoms with Gasteiger partial charge in [0.25, 0.3) is 0 Å². The lowest BCUT2D eigenvalue weighted by molar-refractivity contribution is 1.12. The summed E-state index contributed by atoms with van der Waals surface area (Å²) in [5.41, 5.74) is 14.5. The molecular weight excluding hydrogens is 905 g/mol. The average Bonchev–Trinajstić information content (AvgIpc) is 3.97. The normalized spacial score (nSPS) is 10.9. The van der Waals surface area contributed by atoms with Crippen molar-refractivity contribution < 1.29 is 0 Å². The molecule has 2 heterocycles. The number of hydrogen-bond acceptors (Lipinski definition) is 6. The molecule has 0 saturated carbocycles. The lowest BCUT2D eigenvalue weighted by Gasteiger charge is -2.19. The third-order valence-corrected chi connectivity index (χ3v) is 14.0. The third-order valence-electron chi connectivity index (χ3n) is 14.0. The number of benzene rings is 10. The molecule has 0 spiro atoms. The van der Waals surface area contributed by atoms with Crippen molar-refractivity contribution in [1.82, 2.24) is 9.13 Å². The second-order valence-corrected chi connectivity index (χ2v) is 17.9. The van der Waals surface area contributed by atoms with Gasteiger partial charge in [-0.25, -0.2) is 0 Å². The van der Waals surface area contributed by atoms with Crippen molar-refractivity contribution in [2.45, 2.75) is 0 Å². The van der Waals surface area contributed by atoms with Gasteiger partial charge >= 0.3 is 0 Å². The molecule has 0 aliphatic rings. The van der Waals surface area contributed by atoms with Crippen LogP contribution in [0.15, 0.2) is 206 Å². The molecule has 0 N–H and O–H groups in total. The number of rotatable bonds is 7. The van der Waals surface area contributed by atoms with Crippen molar-refractivity contribution in [3.8, 4) is 103 Å². The van der Waals surface area contributed by atoms with Crippen LogP contribution in [-0.2, 0) is 0 Å². The van der Waals surface area contributed by atoms with Crippen LogP contribution in [0.2, 0.25) is 0 Å². The second kappa shape index (κ2) is 17.9. The van der Waals surface area contributed by atoms with E-state index in [1.807, 2.05) is 127 Å². The maximum Gasteiger partial charge on any atom is 0.104 e. The molecule has 0 saturated heterocycles.